The SMILES string of the molecule is CC(C)n1c(=O)c2cnc(Nc3cc(F)c4c(c3)CNCC4)nc2n1-c1ccc(Cl)cn1. The molecule has 0 saturated carbocycles. The van der Waals surface area contributed by atoms with Gasteiger partial charge in [0.2, 0.25) is 5.95 Å². The number of pyridine rings is 1. The van der Waals surface area contributed by atoms with Crippen molar-refractivity contribution < 1.29 is 4.39 Å². The molecule has 5 rings (SSSR count). The number of anilines is 2. The predicted molar refractivity (Wildman–Crippen MR) is 121 cm³/mol. The molecule has 0 amide bonds. The minimum absolute atomic E-state index is 0.146. The molecule has 3 aromatic heterocycles. The third kappa shape index (κ3) is 3.53. The van der Waals surface area contributed by atoms with Crippen molar-refractivity contribution in [2.45, 2.75) is 32.9 Å². The van der Waals surface area contributed by atoms with E-state index in [2.05, 4.69) is 25.6 Å². The molecule has 4 heterocycles. The first-order chi connectivity index (χ1) is 15.4. The van der Waals surface area contributed by atoms with E-state index in [1.54, 1.807) is 21.5 Å². The Morgan fingerprint density at radius 2 is 2.06 bits per heavy atom. The van der Waals surface area contributed by atoms with E-state index >= 15 is 0 Å². The lowest BCUT2D eigenvalue weighted by Gasteiger charge is -2.19. The number of hydrogen-bond acceptors (Lipinski definition) is 6. The minimum atomic E-state index is -0.249. The fourth-order valence-electron chi connectivity index (χ4n) is 4.01. The van der Waals surface area contributed by atoms with Gasteiger partial charge in [-0.25, -0.2) is 23.7 Å². The molecule has 0 radical (unpaired) electrons. The van der Waals surface area contributed by atoms with E-state index in [4.69, 9.17) is 11.6 Å². The van der Waals surface area contributed by atoms with E-state index in [0.29, 0.717) is 40.5 Å². The normalized spacial score (nSPS) is 13.5. The summed E-state index contributed by atoms with van der Waals surface area (Å²) >= 11 is 5.99. The molecule has 0 fully saturated rings. The summed E-state index contributed by atoms with van der Waals surface area (Å²) < 4.78 is 17.8. The van der Waals surface area contributed by atoms with Crippen molar-refractivity contribution in [2.75, 3.05) is 11.9 Å². The van der Waals surface area contributed by atoms with Crippen LogP contribution in [0.4, 0.5) is 16.0 Å². The van der Waals surface area contributed by atoms with Crippen LogP contribution >= 0.6 is 11.6 Å². The number of aromatic nitrogens is 5. The maximum absolute atomic E-state index is 14.6. The lowest BCUT2D eigenvalue weighted by molar-refractivity contribution is 0.472. The second-order valence-corrected chi connectivity index (χ2v) is 8.40. The number of rotatable bonds is 4. The van der Waals surface area contributed by atoms with Crippen molar-refractivity contribution in [3.63, 3.8) is 0 Å². The van der Waals surface area contributed by atoms with Crippen LogP contribution in [0.1, 0.15) is 31.0 Å². The van der Waals surface area contributed by atoms with Gasteiger partial charge in [-0.2, -0.15) is 4.98 Å². The van der Waals surface area contributed by atoms with Gasteiger partial charge in [-0.1, -0.05) is 11.6 Å². The van der Waals surface area contributed by atoms with E-state index in [-0.39, 0.29) is 23.4 Å². The molecule has 0 aliphatic carbocycles. The zero-order chi connectivity index (χ0) is 22.4. The van der Waals surface area contributed by atoms with Crippen LogP contribution in [0, 0.1) is 5.82 Å². The summed E-state index contributed by atoms with van der Waals surface area (Å²) in [5.74, 6) is 0.510. The molecule has 1 aromatic carbocycles. The van der Waals surface area contributed by atoms with Gasteiger partial charge in [0, 0.05) is 30.7 Å². The largest absolute Gasteiger partial charge is 0.324 e. The van der Waals surface area contributed by atoms with Crippen LogP contribution in [0.3, 0.4) is 0 Å². The fraction of sp³-hybridized carbons (Fsp3) is 0.273. The Bertz CT molecular complexity index is 1380. The van der Waals surface area contributed by atoms with E-state index in [9.17, 15) is 9.18 Å². The minimum Gasteiger partial charge on any atom is -0.324 e. The molecular weight excluding hydrogens is 433 g/mol. The van der Waals surface area contributed by atoms with Gasteiger partial charge >= 0.3 is 0 Å². The Balaban J connectivity index is 1.62. The lowest BCUT2D eigenvalue weighted by Crippen LogP contribution is -2.24. The van der Waals surface area contributed by atoms with Gasteiger partial charge in [-0.05, 0) is 62.2 Å². The van der Waals surface area contributed by atoms with Crippen molar-refractivity contribution in [3.8, 4) is 5.82 Å². The Morgan fingerprint density at radius 1 is 1.22 bits per heavy atom. The van der Waals surface area contributed by atoms with Crippen LogP contribution in [0.15, 0.2) is 41.5 Å². The average Bonchev–Trinajstić information content (AvgIpc) is 3.06. The number of fused-ring (bicyclic) bond motifs is 2. The van der Waals surface area contributed by atoms with Crippen LogP contribution in [0.5, 0.6) is 0 Å². The summed E-state index contributed by atoms with van der Waals surface area (Å²) in [6.07, 6.45) is 3.66. The predicted octanol–water partition coefficient (Wildman–Crippen LogP) is 3.74. The lowest BCUT2D eigenvalue weighted by atomic mass is 10.00. The maximum atomic E-state index is 14.6. The summed E-state index contributed by atoms with van der Waals surface area (Å²) in [6, 6.07) is 6.62. The van der Waals surface area contributed by atoms with Crippen LogP contribution in [0.2, 0.25) is 5.02 Å². The van der Waals surface area contributed by atoms with Gasteiger partial charge in [0.1, 0.15) is 11.2 Å². The third-order valence-electron chi connectivity index (χ3n) is 5.45. The second kappa shape index (κ2) is 7.99. The first kappa shape index (κ1) is 20.6. The topological polar surface area (TPSA) is 89.7 Å². The standard InChI is InChI=1S/C22H21ClFN7O/c1-12(2)30-21(32)17-11-27-22(29-20(17)31(30)19-4-3-14(23)10-26-19)28-15-7-13-9-25-6-5-16(13)18(24)8-15/h3-4,7-8,10-12,25H,5-6,9H2,1-2H3,(H,27,28,29). The number of hydrogen-bond donors (Lipinski definition) is 2. The number of benzene rings is 1. The fourth-order valence-corrected chi connectivity index (χ4v) is 4.12. The first-order valence-electron chi connectivity index (χ1n) is 10.3. The number of nitrogens with zero attached hydrogens (tertiary/aromatic N) is 5. The molecule has 32 heavy (non-hydrogen) atoms. The first-order valence-corrected chi connectivity index (χ1v) is 10.7. The van der Waals surface area contributed by atoms with Gasteiger partial charge in [0.25, 0.3) is 5.56 Å². The van der Waals surface area contributed by atoms with E-state index in [1.807, 2.05) is 19.9 Å². The smallest absolute Gasteiger partial charge is 0.278 e. The molecule has 2 N–H and O–H groups in total. The van der Waals surface area contributed by atoms with Gasteiger partial charge in [-0.3, -0.25) is 4.79 Å². The quantitative estimate of drug-likeness (QED) is 0.489. The van der Waals surface area contributed by atoms with Gasteiger partial charge in [-0.15, -0.1) is 0 Å². The highest BCUT2D eigenvalue weighted by atomic mass is 35.5. The van der Waals surface area contributed by atoms with Gasteiger partial charge in [0.05, 0.1) is 5.02 Å². The molecular formula is C22H21ClFN7O. The third-order valence-corrected chi connectivity index (χ3v) is 5.68. The Kier molecular flexibility index (Phi) is 5.15. The highest BCUT2D eigenvalue weighted by Crippen LogP contribution is 2.25. The average molecular weight is 454 g/mol. The molecule has 4 aromatic rings. The van der Waals surface area contributed by atoms with Crippen molar-refractivity contribution in [1.29, 1.82) is 0 Å². The van der Waals surface area contributed by atoms with Crippen molar-refractivity contribution in [2.24, 2.45) is 0 Å². The summed E-state index contributed by atoms with van der Waals surface area (Å²) in [5.41, 5.74) is 2.38. The molecule has 10 heteroatoms. The molecule has 0 unspecified atom stereocenters. The molecule has 0 saturated heterocycles. The van der Waals surface area contributed by atoms with E-state index in [0.717, 1.165) is 17.7 Å². The van der Waals surface area contributed by atoms with Crippen LogP contribution in [0.25, 0.3) is 16.9 Å². The highest BCUT2D eigenvalue weighted by Gasteiger charge is 2.20. The number of halogens is 2. The maximum Gasteiger partial charge on any atom is 0.278 e. The van der Waals surface area contributed by atoms with E-state index in [1.165, 1.54) is 18.5 Å². The molecule has 1 aliphatic rings. The molecule has 164 valence electrons. The summed E-state index contributed by atoms with van der Waals surface area (Å²) in [4.78, 5) is 26.3. The zero-order valence-corrected chi connectivity index (χ0v) is 18.3. The molecule has 8 nitrogen and oxygen atoms in total. The second-order valence-electron chi connectivity index (χ2n) is 7.97. The van der Waals surface area contributed by atoms with Crippen LogP contribution in [-0.2, 0) is 13.0 Å². The van der Waals surface area contributed by atoms with Crippen molar-refractivity contribution >= 4 is 34.3 Å². The Labute approximate surface area is 188 Å². The molecule has 0 atom stereocenters. The summed E-state index contributed by atoms with van der Waals surface area (Å²) in [7, 11) is 0. The Hall–Kier alpha value is -3.30. The summed E-state index contributed by atoms with van der Waals surface area (Å²) in [6.45, 7) is 5.19. The molecule has 0 bridgehead atoms. The van der Waals surface area contributed by atoms with Crippen molar-refractivity contribution in [1.82, 2.24) is 29.6 Å². The van der Waals surface area contributed by atoms with Crippen LogP contribution < -0.4 is 16.2 Å². The number of nitrogens with one attached hydrogen (secondary N) is 2. The highest BCUT2D eigenvalue weighted by molar-refractivity contribution is 6.30. The van der Waals surface area contributed by atoms with Crippen LogP contribution in [-0.4, -0.2) is 30.9 Å². The van der Waals surface area contributed by atoms with Gasteiger partial charge in [0.15, 0.2) is 11.5 Å². The monoisotopic (exact) mass is 453 g/mol. The zero-order valence-electron chi connectivity index (χ0n) is 17.6. The van der Waals surface area contributed by atoms with E-state index < -0.39 is 0 Å². The Morgan fingerprint density at radius 3 is 2.81 bits per heavy atom. The molecule has 0 spiro atoms. The van der Waals surface area contributed by atoms with Gasteiger partial charge < -0.3 is 10.6 Å². The molecule has 1 aliphatic heterocycles. The summed E-state index contributed by atoms with van der Waals surface area (Å²) in [5, 5.41) is 7.18. The van der Waals surface area contributed by atoms with Crippen molar-refractivity contribution in [3.05, 3.63) is 69.0 Å².